The molecular weight excluding hydrogens is 827 g/mol. The summed E-state index contributed by atoms with van der Waals surface area (Å²) < 4.78 is 5.49. The third kappa shape index (κ3) is 53.8. The molecule has 0 rings (SSSR count). The fourth-order valence-corrected chi connectivity index (χ4v) is 9.64. The van der Waals surface area contributed by atoms with Crippen LogP contribution in [0.1, 0.15) is 341 Å². The first-order valence-electron chi connectivity index (χ1n) is 30.4. The minimum atomic E-state index is -0.667. The number of rotatable bonds is 57. The largest absolute Gasteiger partial charge is 0.466 e. The molecule has 0 saturated heterocycles. The highest BCUT2D eigenvalue weighted by atomic mass is 16.5. The van der Waals surface area contributed by atoms with E-state index in [1.807, 2.05) is 0 Å². The summed E-state index contributed by atoms with van der Waals surface area (Å²) in [6.45, 7) is 4.96. The first-order valence-corrected chi connectivity index (χ1v) is 30.4. The zero-order chi connectivity index (χ0) is 48.6. The summed E-state index contributed by atoms with van der Waals surface area (Å²) in [5.74, 6) is -0.0291. The van der Waals surface area contributed by atoms with Crippen LogP contribution in [0.4, 0.5) is 0 Å². The van der Waals surface area contributed by atoms with E-state index in [4.69, 9.17) is 4.74 Å². The van der Waals surface area contributed by atoms with Gasteiger partial charge in [0.25, 0.3) is 0 Å². The minimum Gasteiger partial charge on any atom is -0.466 e. The van der Waals surface area contributed by atoms with Crippen LogP contribution in [-0.4, -0.2) is 47.4 Å². The van der Waals surface area contributed by atoms with Crippen LogP contribution >= 0.6 is 0 Å². The van der Waals surface area contributed by atoms with Crippen LogP contribution < -0.4 is 5.32 Å². The molecule has 0 heterocycles. The van der Waals surface area contributed by atoms with Gasteiger partial charge in [0.1, 0.15) is 0 Å². The summed E-state index contributed by atoms with van der Waals surface area (Å²) >= 11 is 0. The lowest BCUT2D eigenvalue weighted by atomic mass is 10.0. The number of ether oxygens (including phenoxy) is 1. The van der Waals surface area contributed by atoms with Gasteiger partial charge in [-0.05, 0) is 51.4 Å². The smallest absolute Gasteiger partial charge is 0.305 e. The van der Waals surface area contributed by atoms with Gasteiger partial charge < -0.3 is 20.3 Å². The van der Waals surface area contributed by atoms with Crippen molar-refractivity contribution < 1.29 is 24.5 Å². The molecule has 0 saturated carbocycles. The number of unbranched alkanes of at least 4 members (excludes halogenated alkanes) is 44. The first kappa shape index (κ1) is 65.6. The van der Waals surface area contributed by atoms with Crippen molar-refractivity contribution in [2.45, 2.75) is 353 Å². The highest BCUT2D eigenvalue weighted by Gasteiger charge is 2.20. The van der Waals surface area contributed by atoms with Gasteiger partial charge >= 0.3 is 5.97 Å². The maximum Gasteiger partial charge on any atom is 0.305 e. The molecule has 398 valence electrons. The number of aliphatic hydroxyl groups is 2. The Bertz CT molecular complexity index is 1000. The van der Waals surface area contributed by atoms with Gasteiger partial charge in [-0.3, -0.25) is 9.59 Å². The number of hydrogen-bond donors (Lipinski definition) is 3. The summed E-state index contributed by atoms with van der Waals surface area (Å²) in [6.07, 6.45) is 67.9. The Kier molecular flexibility index (Phi) is 56.0. The summed E-state index contributed by atoms with van der Waals surface area (Å²) in [6, 6.07) is -0.545. The van der Waals surface area contributed by atoms with Crippen molar-refractivity contribution in [3.63, 3.8) is 0 Å². The zero-order valence-corrected chi connectivity index (χ0v) is 45.4. The lowest BCUT2D eigenvalue weighted by Crippen LogP contribution is -2.45. The van der Waals surface area contributed by atoms with Gasteiger partial charge in [0.15, 0.2) is 0 Å². The highest BCUT2D eigenvalue weighted by molar-refractivity contribution is 5.76. The van der Waals surface area contributed by atoms with Crippen molar-refractivity contribution in [2.75, 3.05) is 13.2 Å². The average Bonchev–Trinajstić information content (AvgIpc) is 3.33. The lowest BCUT2D eigenvalue weighted by molar-refractivity contribution is -0.143. The van der Waals surface area contributed by atoms with Crippen molar-refractivity contribution in [3.05, 3.63) is 12.2 Å². The van der Waals surface area contributed by atoms with Crippen LogP contribution in [0.15, 0.2) is 12.2 Å². The molecule has 0 aliphatic carbocycles. The van der Waals surface area contributed by atoms with E-state index < -0.39 is 12.1 Å². The van der Waals surface area contributed by atoms with E-state index in [1.54, 1.807) is 0 Å². The maximum absolute atomic E-state index is 12.4. The van der Waals surface area contributed by atoms with Crippen LogP contribution in [-0.2, 0) is 14.3 Å². The highest BCUT2D eigenvalue weighted by Crippen LogP contribution is 2.18. The second-order valence-corrected chi connectivity index (χ2v) is 21.0. The number of amides is 1. The second-order valence-electron chi connectivity index (χ2n) is 21.0. The molecule has 67 heavy (non-hydrogen) atoms. The number of esters is 1. The summed E-state index contributed by atoms with van der Waals surface area (Å²) in [5.41, 5.74) is 0. The van der Waals surface area contributed by atoms with Gasteiger partial charge in [-0.25, -0.2) is 0 Å². The molecule has 1 amide bonds. The predicted molar refractivity (Wildman–Crippen MR) is 292 cm³/mol. The van der Waals surface area contributed by atoms with Gasteiger partial charge in [-0.2, -0.15) is 0 Å². The quantitative estimate of drug-likeness (QED) is 0.0321. The normalized spacial score (nSPS) is 12.6. The molecule has 0 aromatic carbocycles. The molecule has 0 aromatic rings. The van der Waals surface area contributed by atoms with Gasteiger partial charge in [0.2, 0.25) is 5.91 Å². The Balaban J connectivity index is 3.38. The first-order chi connectivity index (χ1) is 33.0. The standard InChI is InChI=1S/C61H119NO5/c1-3-5-7-9-11-13-15-17-18-24-28-31-35-39-43-47-51-55-61(66)67-56-52-48-44-40-36-32-29-26-23-21-19-20-22-25-27-30-34-38-42-46-50-54-60(65)62-58(57-63)59(64)53-49-45-41-37-33-16-14-12-10-8-6-4-2/h20,22,58-59,63-64H,3-19,21,23-57H2,1-2H3,(H,62,65)/b22-20-. The molecule has 3 N–H and O–H groups in total. The Hall–Kier alpha value is -1.40. The zero-order valence-electron chi connectivity index (χ0n) is 45.4. The third-order valence-electron chi connectivity index (χ3n) is 14.3. The number of carbonyl (C=O) groups excluding carboxylic acids is 2. The molecule has 0 spiro atoms. The fourth-order valence-electron chi connectivity index (χ4n) is 9.64. The van der Waals surface area contributed by atoms with Crippen LogP contribution in [0, 0.1) is 0 Å². The molecule has 0 aliphatic heterocycles. The van der Waals surface area contributed by atoms with Gasteiger partial charge in [0.05, 0.1) is 25.4 Å². The number of nitrogens with one attached hydrogen (secondary N) is 1. The fraction of sp³-hybridized carbons (Fsp3) is 0.934. The van der Waals surface area contributed by atoms with E-state index in [0.717, 1.165) is 38.5 Å². The molecule has 6 heteroatoms. The lowest BCUT2D eigenvalue weighted by Gasteiger charge is -2.22. The number of hydrogen-bond acceptors (Lipinski definition) is 5. The monoisotopic (exact) mass is 946 g/mol. The molecule has 0 radical (unpaired) electrons. The van der Waals surface area contributed by atoms with Crippen molar-refractivity contribution in [2.24, 2.45) is 0 Å². The summed E-state index contributed by atoms with van der Waals surface area (Å²) in [7, 11) is 0. The predicted octanol–water partition coefficient (Wildman–Crippen LogP) is 18.9. The summed E-state index contributed by atoms with van der Waals surface area (Å²) in [5, 5.41) is 23.2. The van der Waals surface area contributed by atoms with E-state index in [2.05, 4.69) is 31.3 Å². The average molecular weight is 947 g/mol. The third-order valence-corrected chi connectivity index (χ3v) is 14.3. The van der Waals surface area contributed by atoms with E-state index >= 15 is 0 Å². The van der Waals surface area contributed by atoms with Crippen LogP contribution in [0.25, 0.3) is 0 Å². The van der Waals surface area contributed by atoms with E-state index in [1.165, 1.54) is 270 Å². The summed E-state index contributed by atoms with van der Waals surface area (Å²) in [4.78, 5) is 24.5. The SMILES string of the molecule is CCCCCCCCCCCCCCCCCCCC(=O)OCCCCCCCCCCCC/C=C\CCCCCCCCCC(=O)NC(CO)C(O)CCCCCCCCCCCCCC. The maximum atomic E-state index is 12.4. The van der Waals surface area contributed by atoms with Crippen molar-refractivity contribution in [3.8, 4) is 0 Å². The molecule has 2 atom stereocenters. The molecule has 0 aliphatic rings. The van der Waals surface area contributed by atoms with E-state index in [9.17, 15) is 19.8 Å². The molecule has 0 fully saturated rings. The molecule has 2 unspecified atom stereocenters. The topological polar surface area (TPSA) is 95.9 Å². The van der Waals surface area contributed by atoms with Gasteiger partial charge in [0, 0.05) is 12.8 Å². The minimum absolute atomic E-state index is 0.0127. The van der Waals surface area contributed by atoms with Gasteiger partial charge in [-0.15, -0.1) is 0 Å². The van der Waals surface area contributed by atoms with Crippen LogP contribution in [0.3, 0.4) is 0 Å². The van der Waals surface area contributed by atoms with Crippen LogP contribution in [0.2, 0.25) is 0 Å². The Morgan fingerprint density at radius 2 is 0.701 bits per heavy atom. The van der Waals surface area contributed by atoms with Crippen molar-refractivity contribution >= 4 is 11.9 Å². The Labute approximate surface area is 419 Å². The Morgan fingerprint density at radius 1 is 0.403 bits per heavy atom. The van der Waals surface area contributed by atoms with E-state index in [0.29, 0.717) is 25.9 Å². The van der Waals surface area contributed by atoms with Gasteiger partial charge in [-0.1, -0.05) is 289 Å². The molecule has 0 aromatic heterocycles. The Morgan fingerprint density at radius 3 is 1.06 bits per heavy atom. The van der Waals surface area contributed by atoms with E-state index in [-0.39, 0.29) is 18.5 Å². The molecular formula is C61H119NO5. The van der Waals surface area contributed by atoms with Crippen molar-refractivity contribution in [1.29, 1.82) is 0 Å². The molecule has 0 bridgehead atoms. The van der Waals surface area contributed by atoms with Crippen LogP contribution in [0.5, 0.6) is 0 Å². The number of aliphatic hydroxyl groups excluding tert-OH is 2. The number of carbonyl (C=O) groups is 2. The van der Waals surface area contributed by atoms with Crippen molar-refractivity contribution in [1.82, 2.24) is 5.32 Å². The number of allylic oxidation sites excluding steroid dienone is 2. The molecule has 6 nitrogen and oxygen atoms in total. The second kappa shape index (κ2) is 57.2.